The Balaban J connectivity index is 1.32. The van der Waals surface area contributed by atoms with E-state index < -0.39 is 5.79 Å². The van der Waals surface area contributed by atoms with Crippen molar-refractivity contribution in [2.75, 3.05) is 5.32 Å². The van der Waals surface area contributed by atoms with Crippen molar-refractivity contribution in [3.8, 4) is 22.9 Å². The van der Waals surface area contributed by atoms with Gasteiger partial charge in [0.25, 0.3) is 5.79 Å². The number of aryl methyl sites for hydroxylation is 1. The van der Waals surface area contributed by atoms with Crippen LogP contribution in [0.5, 0.6) is 11.5 Å². The van der Waals surface area contributed by atoms with E-state index in [2.05, 4.69) is 15.5 Å². The van der Waals surface area contributed by atoms with Crippen LogP contribution in [0.15, 0.2) is 42.5 Å². The van der Waals surface area contributed by atoms with Gasteiger partial charge in [-0.25, -0.2) is 0 Å². The van der Waals surface area contributed by atoms with Crippen molar-refractivity contribution in [2.45, 2.75) is 44.9 Å². The number of nitrogens with zero attached hydrogens (tertiary/aromatic N) is 2. The monoisotopic (exact) mass is 422 g/mol. The molecular formula is C22H22N4O3S. The normalized spacial score (nSPS) is 16.2. The topological polar surface area (TPSA) is 81.2 Å². The molecule has 0 atom stereocenters. The standard InChI is InChI=1S/C22H22N4O3S/c1-14-4-6-15(7-5-14)20-24-25-21(30)26(20)13-19(27)23-16-8-9-17-18(12-16)29-22(28-17)10-2-3-11-22/h4-9,12H,2-3,10-11,13H2,1H3,(H,23,27)(H,25,30). The summed E-state index contributed by atoms with van der Waals surface area (Å²) >= 11 is 5.33. The lowest BCUT2D eigenvalue weighted by Crippen LogP contribution is -2.34. The van der Waals surface area contributed by atoms with Gasteiger partial charge < -0.3 is 14.8 Å². The Morgan fingerprint density at radius 2 is 1.90 bits per heavy atom. The molecule has 1 aliphatic heterocycles. The van der Waals surface area contributed by atoms with Gasteiger partial charge in [-0.05, 0) is 44.1 Å². The second kappa shape index (κ2) is 7.28. The molecule has 30 heavy (non-hydrogen) atoms. The largest absolute Gasteiger partial charge is 0.448 e. The van der Waals surface area contributed by atoms with E-state index >= 15 is 0 Å². The number of aromatic amines is 1. The number of H-pyrrole nitrogens is 1. The summed E-state index contributed by atoms with van der Waals surface area (Å²) in [4.78, 5) is 12.7. The molecule has 1 amide bonds. The molecule has 1 aliphatic carbocycles. The van der Waals surface area contributed by atoms with Gasteiger partial charge in [0.05, 0.1) is 0 Å². The van der Waals surface area contributed by atoms with Gasteiger partial charge in [0.1, 0.15) is 6.54 Å². The first-order valence-corrected chi connectivity index (χ1v) is 10.5. The van der Waals surface area contributed by atoms with Gasteiger partial charge in [-0.3, -0.25) is 14.5 Å². The first-order chi connectivity index (χ1) is 14.5. The fourth-order valence-corrected chi connectivity index (χ4v) is 4.22. The van der Waals surface area contributed by atoms with Crippen LogP contribution in [-0.4, -0.2) is 26.5 Å². The summed E-state index contributed by atoms with van der Waals surface area (Å²) in [5, 5.41) is 9.99. The molecule has 0 saturated heterocycles. The van der Waals surface area contributed by atoms with E-state index in [9.17, 15) is 4.79 Å². The van der Waals surface area contributed by atoms with Crippen molar-refractivity contribution in [3.05, 3.63) is 52.8 Å². The average molecular weight is 423 g/mol. The van der Waals surface area contributed by atoms with Crippen molar-refractivity contribution in [1.29, 1.82) is 0 Å². The van der Waals surface area contributed by atoms with Crippen LogP contribution in [-0.2, 0) is 11.3 Å². The highest BCUT2D eigenvalue weighted by molar-refractivity contribution is 7.71. The third kappa shape index (κ3) is 3.47. The maximum absolute atomic E-state index is 12.7. The minimum absolute atomic E-state index is 0.0525. The summed E-state index contributed by atoms with van der Waals surface area (Å²) in [6.45, 7) is 2.07. The Morgan fingerprint density at radius 3 is 2.67 bits per heavy atom. The third-order valence-electron chi connectivity index (χ3n) is 5.55. The van der Waals surface area contributed by atoms with Crippen LogP contribution in [0.2, 0.25) is 0 Å². The maximum Gasteiger partial charge on any atom is 0.251 e. The van der Waals surface area contributed by atoms with Crippen molar-refractivity contribution < 1.29 is 14.3 Å². The smallest absolute Gasteiger partial charge is 0.251 e. The van der Waals surface area contributed by atoms with E-state index in [1.165, 1.54) is 0 Å². The number of amides is 1. The summed E-state index contributed by atoms with van der Waals surface area (Å²) in [5.41, 5.74) is 2.70. The van der Waals surface area contributed by atoms with Crippen LogP contribution in [0.25, 0.3) is 11.4 Å². The number of anilines is 1. The Hall–Kier alpha value is -3.13. The highest BCUT2D eigenvalue weighted by Gasteiger charge is 2.44. The van der Waals surface area contributed by atoms with Crippen LogP contribution < -0.4 is 14.8 Å². The predicted octanol–water partition coefficient (Wildman–Crippen LogP) is 4.60. The summed E-state index contributed by atoms with van der Waals surface area (Å²) in [5.74, 6) is 1.32. The van der Waals surface area contributed by atoms with Crippen LogP contribution >= 0.6 is 12.2 Å². The molecular weight excluding hydrogens is 400 g/mol. The second-order valence-corrected chi connectivity index (χ2v) is 8.22. The lowest BCUT2D eigenvalue weighted by Gasteiger charge is -2.21. The van der Waals surface area contributed by atoms with E-state index in [0.29, 0.717) is 22.0 Å². The first kappa shape index (κ1) is 18.9. The van der Waals surface area contributed by atoms with Crippen LogP contribution in [0, 0.1) is 11.7 Å². The third-order valence-corrected chi connectivity index (χ3v) is 5.87. The van der Waals surface area contributed by atoms with Gasteiger partial charge >= 0.3 is 0 Å². The second-order valence-electron chi connectivity index (χ2n) is 7.84. The maximum atomic E-state index is 12.7. The zero-order chi connectivity index (χ0) is 20.7. The van der Waals surface area contributed by atoms with Gasteiger partial charge in [0, 0.05) is 30.2 Å². The van der Waals surface area contributed by atoms with Gasteiger partial charge in [-0.2, -0.15) is 5.10 Å². The molecule has 1 aromatic heterocycles. The summed E-state index contributed by atoms with van der Waals surface area (Å²) in [6.07, 6.45) is 3.99. The Kier molecular flexibility index (Phi) is 4.58. The molecule has 0 unspecified atom stereocenters. The first-order valence-electron chi connectivity index (χ1n) is 10.1. The molecule has 0 bridgehead atoms. The molecule has 154 valence electrons. The molecule has 2 N–H and O–H groups in total. The fourth-order valence-electron chi connectivity index (χ4n) is 4.02. The molecule has 7 nitrogen and oxygen atoms in total. The number of benzene rings is 2. The number of fused-ring (bicyclic) bond motifs is 1. The summed E-state index contributed by atoms with van der Waals surface area (Å²) < 4.78 is 14.2. The van der Waals surface area contributed by atoms with Gasteiger partial charge in [-0.15, -0.1) is 0 Å². The van der Waals surface area contributed by atoms with E-state index in [-0.39, 0.29) is 12.5 Å². The molecule has 1 fully saturated rings. The highest BCUT2D eigenvalue weighted by atomic mass is 32.1. The Bertz CT molecular complexity index is 1160. The average Bonchev–Trinajstić information content (AvgIpc) is 3.42. The van der Waals surface area contributed by atoms with Crippen LogP contribution in [0.4, 0.5) is 5.69 Å². The zero-order valence-corrected chi connectivity index (χ0v) is 17.4. The molecule has 5 rings (SSSR count). The molecule has 2 aliphatic rings. The number of hydrogen-bond acceptors (Lipinski definition) is 5. The lowest BCUT2D eigenvalue weighted by atomic mass is 10.1. The van der Waals surface area contributed by atoms with Gasteiger partial charge in [-0.1, -0.05) is 29.8 Å². The van der Waals surface area contributed by atoms with E-state index in [1.54, 1.807) is 4.57 Å². The molecule has 8 heteroatoms. The number of nitrogens with one attached hydrogen (secondary N) is 2. The molecule has 2 heterocycles. The Labute approximate surface area is 179 Å². The van der Waals surface area contributed by atoms with Gasteiger partial charge in [0.15, 0.2) is 22.1 Å². The highest BCUT2D eigenvalue weighted by Crippen LogP contribution is 2.47. The minimum Gasteiger partial charge on any atom is -0.448 e. The van der Waals surface area contributed by atoms with Crippen molar-refractivity contribution in [1.82, 2.24) is 14.8 Å². The number of rotatable bonds is 4. The number of aromatic nitrogens is 3. The SMILES string of the molecule is Cc1ccc(-c2n[nH]c(=S)n2CC(=O)Nc2ccc3c(c2)OC2(CCCC2)O3)cc1. The Morgan fingerprint density at radius 1 is 1.17 bits per heavy atom. The van der Waals surface area contributed by atoms with Crippen molar-refractivity contribution in [2.24, 2.45) is 0 Å². The summed E-state index contributed by atoms with van der Waals surface area (Å²) in [7, 11) is 0. The van der Waals surface area contributed by atoms with E-state index in [0.717, 1.165) is 42.6 Å². The fraction of sp³-hybridized carbons (Fsp3) is 0.318. The molecule has 0 radical (unpaired) electrons. The van der Waals surface area contributed by atoms with Crippen LogP contribution in [0.1, 0.15) is 31.2 Å². The minimum atomic E-state index is -0.516. The van der Waals surface area contributed by atoms with Crippen molar-refractivity contribution >= 4 is 23.8 Å². The van der Waals surface area contributed by atoms with E-state index in [1.807, 2.05) is 49.4 Å². The zero-order valence-electron chi connectivity index (χ0n) is 16.6. The quantitative estimate of drug-likeness (QED) is 0.601. The number of hydrogen-bond donors (Lipinski definition) is 2. The molecule has 3 aromatic rings. The van der Waals surface area contributed by atoms with Gasteiger partial charge in [0.2, 0.25) is 5.91 Å². The lowest BCUT2D eigenvalue weighted by molar-refractivity contribution is -0.116. The molecule has 1 saturated carbocycles. The number of carbonyl (C=O) groups is 1. The number of ether oxygens (including phenoxy) is 2. The van der Waals surface area contributed by atoms with E-state index in [4.69, 9.17) is 21.7 Å². The predicted molar refractivity (Wildman–Crippen MR) is 115 cm³/mol. The van der Waals surface area contributed by atoms with Crippen LogP contribution in [0.3, 0.4) is 0 Å². The number of carbonyl (C=O) groups excluding carboxylic acids is 1. The molecule has 2 aromatic carbocycles. The molecule has 1 spiro atoms. The van der Waals surface area contributed by atoms with Crippen molar-refractivity contribution in [3.63, 3.8) is 0 Å². The summed E-state index contributed by atoms with van der Waals surface area (Å²) in [6, 6.07) is 13.4.